The van der Waals surface area contributed by atoms with Crippen LogP contribution in [0.15, 0.2) is 36.4 Å². The van der Waals surface area contributed by atoms with Gasteiger partial charge < -0.3 is 9.88 Å². The minimum absolute atomic E-state index is 0.959. The lowest BCUT2D eigenvalue weighted by Crippen LogP contribution is -2.15. The molecule has 0 unspecified atom stereocenters. The lowest BCUT2D eigenvalue weighted by Gasteiger charge is -2.10. The van der Waals surface area contributed by atoms with Crippen LogP contribution in [0.3, 0.4) is 0 Å². The van der Waals surface area contributed by atoms with E-state index in [1.54, 1.807) is 0 Å². The summed E-state index contributed by atoms with van der Waals surface area (Å²) < 4.78 is 2.33. The van der Waals surface area contributed by atoms with E-state index in [1.807, 2.05) is 11.8 Å². The van der Waals surface area contributed by atoms with Gasteiger partial charge in [0, 0.05) is 23.6 Å². The first-order chi connectivity index (χ1) is 9.74. The number of aromatic nitrogens is 1. The molecule has 1 N–H and O–H groups in total. The summed E-state index contributed by atoms with van der Waals surface area (Å²) in [7, 11) is 0. The Morgan fingerprint density at radius 3 is 2.60 bits per heavy atom. The predicted octanol–water partition coefficient (Wildman–Crippen LogP) is 3.94. The maximum Gasteiger partial charge on any atom is 0.0455 e. The maximum absolute atomic E-state index is 3.54. The van der Waals surface area contributed by atoms with Crippen molar-refractivity contribution in [2.75, 3.05) is 18.6 Å². The van der Waals surface area contributed by atoms with E-state index in [-0.39, 0.29) is 0 Å². The third-order valence-corrected chi connectivity index (χ3v) is 4.26. The van der Waals surface area contributed by atoms with E-state index < -0.39 is 0 Å². The van der Waals surface area contributed by atoms with Crippen LogP contribution in [0.2, 0.25) is 0 Å². The molecule has 0 aliphatic carbocycles. The second-order valence-electron chi connectivity index (χ2n) is 5.09. The van der Waals surface area contributed by atoms with Crippen molar-refractivity contribution in [3.05, 3.63) is 53.3 Å². The molecule has 0 saturated heterocycles. The average Bonchev–Trinajstić information content (AvgIpc) is 2.74. The van der Waals surface area contributed by atoms with Crippen molar-refractivity contribution >= 4 is 11.8 Å². The van der Waals surface area contributed by atoms with Gasteiger partial charge in [-0.3, -0.25) is 0 Å². The number of hydrogen-bond acceptors (Lipinski definition) is 2. The minimum atomic E-state index is 0.959. The Hall–Kier alpha value is -1.19. The van der Waals surface area contributed by atoms with Gasteiger partial charge in [0.05, 0.1) is 0 Å². The van der Waals surface area contributed by atoms with Crippen LogP contribution in [-0.4, -0.2) is 23.1 Å². The number of benzene rings is 1. The summed E-state index contributed by atoms with van der Waals surface area (Å²) in [6, 6.07) is 12.9. The van der Waals surface area contributed by atoms with Gasteiger partial charge >= 0.3 is 0 Å². The van der Waals surface area contributed by atoms with Crippen LogP contribution in [0.1, 0.15) is 23.4 Å². The Kier molecular flexibility index (Phi) is 5.74. The van der Waals surface area contributed by atoms with E-state index in [0.717, 1.165) is 13.1 Å². The van der Waals surface area contributed by atoms with Gasteiger partial charge in [0.15, 0.2) is 0 Å². The molecule has 1 aromatic carbocycles. The number of hydrogen-bond donors (Lipinski definition) is 1. The molecule has 0 saturated carbocycles. The molecule has 0 spiro atoms. The number of para-hydroxylation sites is 1. The molecular formula is C17H24N2S. The Labute approximate surface area is 126 Å². The van der Waals surface area contributed by atoms with Gasteiger partial charge in [-0.05, 0) is 62.6 Å². The molecule has 0 aliphatic heterocycles. The molecule has 0 fully saturated rings. The molecule has 108 valence electrons. The van der Waals surface area contributed by atoms with E-state index in [4.69, 9.17) is 0 Å². The molecule has 0 atom stereocenters. The third kappa shape index (κ3) is 3.68. The van der Waals surface area contributed by atoms with Gasteiger partial charge in [-0.2, -0.15) is 11.8 Å². The zero-order valence-corrected chi connectivity index (χ0v) is 13.5. The Bertz CT molecular complexity index is 531. The first kappa shape index (κ1) is 15.2. The van der Waals surface area contributed by atoms with Crippen molar-refractivity contribution in [1.29, 1.82) is 0 Å². The number of nitrogens with zero attached hydrogens (tertiary/aromatic N) is 1. The molecule has 1 aromatic heterocycles. The van der Waals surface area contributed by atoms with Gasteiger partial charge in [0.1, 0.15) is 0 Å². The highest BCUT2D eigenvalue weighted by Gasteiger charge is 2.09. The van der Waals surface area contributed by atoms with E-state index in [1.165, 1.54) is 34.8 Å². The monoisotopic (exact) mass is 288 g/mol. The number of thioether (sulfide) groups is 1. The van der Waals surface area contributed by atoms with Crippen molar-refractivity contribution in [3.8, 4) is 5.69 Å². The standard InChI is InChI=1S/C17H24N2S/c1-14-12-16(13-18-10-7-11-20-3)15(2)19(14)17-8-5-4-6-9-17/h4-6,8-9,12,18H,7,10-11,13H2,1-3H3. The molecule has 2 nitrogen and oxygen atoms in total. The Morgan fingerprint density at radius 1 is 1.15 bits per heavy atom. The summed E-state index contributed by atoms with van der Waals surface area (Å²) in [5, 5.41) is 3.54. The lowest BCUT2D eigenvalue weighted by molar-refractivity contribution is 0.676. The van der Waals surface area contributed by atoms with Gasteiger partial charge in [-0.15, -0.1) is 0 Å². The van der Waals surface area contributed by atoms with Crippen LogP contribution in [0.5, 0.6) is 0 Å². The van der Waals surface area contributed by atoms with E-state index in [2.05, 4.69) is 66.4 Å². The number of nitrogens with one attached hydrogen (secondary N) is 1. The summed E-state index contributed by atoms with van der Waals surface area (Å²) in [5.41, 5.74) is 5.28. The lowest BCUT2D eigenvalue weighted by atomic mass is 10.2. The largest absolute Gasteiger partial charge is 0.318 e. The van der Waals surface area contributed by atoms with Crippen molar-refractivity contribution in [2.45, 2.75) is 26.8 Å². The van der Waals surface area contributed by atoms with E-state index >= 15 is 0 Å². The predicted molar refractivity (Wildman–Crippen MR) is 89.9 cm³/mol. The van der Waals surface area contributed by atoms with Crippen LogP contribution >= 0.6 is 11.8 Å². The summed E-state index contributed by atoms with van der Waals surface area (Å²) in [6.07, 6.45) is 3.39. The maximum atomic E-state index is 3.54. The topological polar surface area (TPSA) is 17.0 Å². The molecule has 0 bridgehead atoms. The highest BCUT2D eigenvalue weighted by molar-refractivity contribution is 7.98. The zero-order valence-electron chi connectivity index (χ0n) is 12.6. The molecule has 2 aromatic rings. The average molecular weight is 288 g/mol. The van der Waals surface area contributed by atoms with Crippen LogP contribution in [0, 0.1) is 13.8 Å². The molecular weight excluding hydrogens is 264 g/mol. The fourth-order valence-electron chi connectivity index (χ4n) is 2.55. The van der Waals surface area contributed by atoms with Crippen LogP contribution in [0.25, 0.3) is 5.69 Å². The number of rotatable bonds is 7. The zero-order chi connectivity index (χ0) is 14.4. The first-order valence-corrected chi connectivity index (χ1v) is 8.56. The summed E-state index contributed by atoms with van der Waals surface area (Å²) in [5.74, 6) is 1.23. The summed E-state index contributed by atoms with van der Waals surface area (Å²) in [6.45, 7) is 6.44. The number of aryl methyl sites for hydroxylation is 1. The van der Waals surface area contributed by atoms with Crippen LogP contribution in [0.4, 0.5) is 0 Å². The first-order valence-electron chi connectivity index (χ1n) is 7.17. The smallest absolute Gasteiger partial charge is 0.0455 e. The summed E-state index contributed by atoms with van der Waals surface area (Å²) >= 11 is 1.91. The molecule has 0 radical (unpaired) electrons. The second kappa shape index (κ2) is 7.55. The van der Waals surface area contributed by atoms with Crippen molar-refractivity contribution in [3.63, 3.8) is 0 Å². The molecule has 3 heteroatoms. The highest BCUT2D eigenvalue weighted by Crippen LogP contribution is 2.20. The minimum Gasteiger partial charge on any atom is -0.318 e. The summed E-state index contributed by atoms with van der Waals surface area (Å²) in [4.78, 5) is 0. The molecule has 2 rings (SSSR count). The Balaban J connectivity index is 2.06. The third-order valence-electron chi connectivity index (χ3n) is 3.57. The van der Waals surface area contributed by atoms with Gasteiger partial charge in [-0.1, -0.05) is 18.2 Å². The quantitative estimate of drug-likeness (QED) is 0.777. The van der Waals surface area contributed by atoms with Crippen LogP contribution in [-0.2, 0) is 6.54 Å². The van der Waals surface area contributed by atoms with Crippen LogP contribution < -0.4 is 5.32 Å². The Morgan fingerprint density at radius 2 is 1.90 bits per heavy atom. The molecule has 1 heterocycles. The van der Waals surface area contributed by atoms with Gasteiger partial charge in [-0.25, -0.2) is 0 Å². The van der Waals surface area contributed by atoms with Crippen molar-refractivity contribution in [1.82, 2.24) is 9.88 Å². The van der Waals surface area contributed by atoms with Gasteiger partial charge in [0.25, 0.3) is 0 Å². The molecule has 20 heavy (non-hydrogen) atoms. The molecule has 0 aliphatic rings. The van der Waals surface area contributed by atoms with Crippen molar-refractivity contribution < 1.29 is 0 Å². The van der Waals surface area contributed by atoms with E-state index in [0.29, 0.717) is 0 Å². The van der Waals surface area contributed by atoms with Crippen molar-refractivity contribution in [2.24, 2.45) is 0 Å². The highest BCUT2D eigenvalue weighted by atomic mass is 32.2. The van der Waals surface area contributed by atoms with E-state index in [9.17, 15) is 0 Å². The normalized spacial score (nSPS) is 10.9. The second-order valence-corrected chi connectivity index (χ2v) is 6.08. The fourth-order valence-corrected chi connectivity index (χ4v) is 2.98. The fraction of sp³-hybridized carbons (Fsp3) is 0.412. The van der Waals surface area contributed by atoms with Gasteiger partial charge in [0.2, 0.25) is 0 Å². The molecule has 0 amide bonds. The SMILES string of the molecule is CSCCCNCc1cc(C)n(-c2ccccc2)c1C.